The van der Waals surface area contributed by atoms with Crippen LogP contribution in [0.5, 0.6) is 5.75 Å². The third-order valence-corrected chi connectivity index (χ3v) is 3.04. The average Bonchev–Trinajstić information content (AvgIpc) is 2.47. The van der Waals surface area contributed by atoms with Crippen molar-refractivity contribution in [2.75, 3.05) is 0 Å². The van der Waals surface area contributed by atoms with Gasteiger partial charge in [-0.15, -0.1) is 10.2 Å². The molecule has 0 atom stereocenters. The van der Waals surface area contributed by atoms with Crippen LogP contribution < -0.4 is 4.74 Å². The molecule has 0 aliphatic heterocycles. The molecule has 0 saturated carbocycles. The largest absolute Gasteiger partial charge is 0.387 e. The van der Waals surface area contributed by atoms with Crippen LogP contribution in [0.15, 0.2) is 30.5 Å². The molecule has 0 fully saturated rings. The van der Waals surface area contributed by atoms with Gasteiger partial charge < -0.3 is 9.58 Å². The van der Waals surface area contributed by atoms with Crippen LogP contribution in [0, 0.1) is 23.9 Å². The Bertz CT molecular complexity index is 757. The zero-order chi connectivity index (χ0) is 15.4. The van der Waals surface area contributed by atoms with Gasteiger partial charge in [-0.05, 0) is 35.7 Å². The first-order valence-corrected chi connectivity index (χ1v) is 6.30. The molecule has 0 aliphatic rings. The Hall–Kier alpha value is -2.92. The lowest BCUT2D eigenvalue weighted by Gasteiger charge is -2.15. The van der Waals surface area contributed by atoms with E-state index in [0.29, 0.717) is 16.7 Å². The number of aromatic nitrogens is 1. The number of hydrogen-bond donors (Lipinski definition) is 0. The standard InChI is InChI=1S/C16H12FN3O/c1-10(2)15-13(17)5-4-12(16(15)21-9-18)11-6-7-20-14(8-11)19-3/h4-8,10H,1-2H3. The van der Waals surface area contributed by atoms with Gasteiger partial charge in [0, 0.05) is 11.1 Å². The molecule has 5 heteroatoms. The minimum absolute atomic E-state index is 0.143. The first-order chi connectivity index (χ1) is 10.1. The number of rotatable bonds is 3. The molecule has 2 rings (SSSR count). The highest BCUT2D eigenvalue weighted by Gasteiger charge is 2.19. The zero-order valence-electron chi connectivity index (χ0n) is 11.6. The van der Waals surface area contributed by atoms with Crippen LogP contribution >= 0.6 is 0 Å². The SMILES string of the molecule is [C-]#[N+]c1cc(-c2ccc(F)c(C(C)C)c2OC#N)ccn1. The summed E-state index contributed by atoms with van der Waals surface area (Å²) in [5.41, 5.74) is 1.56. The van der Waals surface area contributed by atoms with E-state index in [4.69, 9.17) is 16.6 Å². The lowest BCUT2D eigenvalue weighted by Crippen LogP contribution is -2.00. The first kappa shape index (κ1) is 14.5. The van der Waals surface area contributed by atoms with Crippen molar-refractivity contribution in [3.05, 3.63) is 53.3 Å². The van der Waals surface area contributed by atoms with Crippen molar-refractivity contribution in [2.45, 2.75) is 19.8 Å². The van der Waals surface area contributed by atoms with Gasteiger partial charge in [-0.2, -0.15) is 0 Å². The maximum atomic E-state index is 14.0. The predicted octanol–water partition coefficient (Wildman–Crippen LogP) is 4.42. The van der Waals surface area contributed by atoms with Crippen LogP contribution in [-0.2, 0) is 0 Å². The van der Waals surface area contributed by atoms with Gasteiger partial charge >= 0.3 is 0 Å². The molecule has 21 heavy (non-hydrogen) atoms. The van der Waals surface area contributed by atoms with Gasteiger partial charge in [0.05, 0.1) is 0 Å². The van der Waals surface area contributed by atoms with Crippen LogP contribution in [0.4, 0.5) is 10.2 Å². The lowest BCUT2D eigenvalue weighted by molar-refractivity contribution is 0.484. The molecule has 1 heterocycles. The number of hydrogen-bond acceptors (Lipinski definition) is 3. The fraction of sp³-hybridized carbons (Fsp3) is 0.188. The van der Waals surface area contributed by atoms with Crippen molar-refractivity contribution in [1.29, 1.82) is 5.26 Å². The number of nitrogens with zero attached hydrogens (tertiary/aromatic N) is 3. The summed E-state index contributed by atoms with van der Waals surface area (Å²) in [7, 11) is 0. The van der Waals surface area contributed by atoms with Gasteiger partial charge in [-0.1, -0.05) is 20.4 Å². The summed E-state index contributed by atoms with van der Waals surface area (Å²) in [6.07, 6.45) is 3.10. The van der Waals surface area contributed by atoms with E-state index in [9.17, 15) is 4.39 Å². The average molecular weight is 281 g/mol. The Morgan fingerprint density at radius 3 is 2.76 bits per heavy atom. The minimum Gasteiger partial charge on any atom is -0.387 e. The molecule has 0 spiro atoms. The third kappa shape index (κ3) is 2.82. The maximum Gasteiger partial charge on any atom is 0.292 e. The highest BCUT2D eigenvalue weighted by molar-refractivity contribution is 5.74. The van der Waals surface area contributed by atoms with E-state index in [0.717, 1.165) is 0 Å². The number of nitriles is 1. The Balaban J connectivity index is 2.71. The molecular formula is C16H12FN3O. The normalized spacial score (nSPS) is 10.0. The molecule has 1 aromatic heterocycles. The quantitative estimate of drug-likeness (QED) is 0.618. The molecule has 0 unspecified atom stereocenters. The first-order valence-electron chi connectivity index (χ1n) is 6.30. The Kier molecular flexibility index (Phi) is 4.15. The van der Waals surface area contributed by atoms with Crippen molar-refractivity contribution in [2.24, 2.45) is 0 Å². The molecule has 0 aliphatic carbocycles. The molecule has 1 aromatic carbocycles. The van der Waals surface area contributed by atoms with Gasteiger partial charge in [-0.3, -0.25) is 0 Å². The summed E-state index contributed by atoms with van der Waals surface area (Å²) >= 11 is 0. The molecule has 0 bridgehead atoms. The van der Waals surface area contributed by atoms with Crippen LogP contribution in [0.1, 0.15) is 25.3 Å². The topological polar surface area (TPSA) is 50.3 Å². The maximum absolute atomic E-state index is 14.0. The smallest absolute Gasteiger partial charge is 0.292 e. The van der Waals surface area contributed by atoms with Crippen LogP contribution in [-0.4, -0.2) is 4.98 Å². The molecule has 4 nitrogen and oxygen atoms in total. The fourth-order valence-electron chi connectivity index (χ4n) is 2.14. The summed E-state index contributed by atoms with van der Waals surface area (Å²) in [5, 5.41) is 8.83. The van der Waals surface area contributed by atoms with Gasteiger partial charge in [0.2, 0.25) is 0 Å². The van der Waals surface area contributed by atoms with Crippen molar-refractivity contribution < 1.29 is 9.13 Å². The van der Waals surface area contributed by atoms with E-state index >= 15 is 0 Å². The second-order valence-corrected chi connectivity index (χ2v) is 4.70. The summed E-state index contributed by atoms with van der Waals surface area (Å²) in [6.45, 7) is 10.6. The summed E-state index contributed by atoms with van der Waals surface area (Å²) in [5.74, 6) is -0.144. The van der Waals surface area contributed by atoms with Gasteiger partial charge in [-0.25, -0.2) is 4.39 Å². The van der Waals surface area contributed by atoms with Crippen LogP contribution in [0.2, 0.25) is 0 Å². The molecule has 0 saturated heterocycles. The lowest BCUT2D eigenvalue weighted by atomic mass is 9.95. The summed E-state index contributed by atoms with van der Waals surface area (Å²) in [6, 6.07) is 6.15. The number of halogens is 1. The van der Waals surface area contributed by atoms with Crippen molar-refractivity contribution in [3.63, 3.8) is 0 Å². The van der Waals surface area contributed by atoms with Crippen molar-refractivity contribution in [1.82, 2.24) is 4.98 Å². The summed E-state index contributed by atoms with van der Waals surface area (Å²) in [4.78, 5) is 7.17. The van der Waals surface area contributed by atoms with Crippen LogP contribution in [0.25, 0.3) is 16.0 Å². The molecule has 0 N–H and O–H groups in total. The Labute approximate surface area is 122 Å². The van der Waals surface area contributed by atoms with Crippen molar-refractivity contribution >= 4 is 5.82 Å². The van der Waals surface area contributed by atoms with Gasteiger partial charge in [0.25, 0.3) is 12.1 Å². The van der Waals surface area contributed by atoms with E-state index in [-0.39, 0.29) is 17.5 Å². The fourth-order valence-corrected chi connectivity index (χ4v) is 2.14. The van der Waals surface area contributed by atoms with E-state index in [1.807, 2.05) is 13.8 Å². The Morgan fingerprint density at radius 2 is 2.14 bits per heavy atom. The second kappa shape index (κ2) is 6.02. The molecule has 0 amide bonds. The predicted molar refractivity (Wildman–Crippen MR) is 76.2 cm³/mol. The van der Waals surface area contributed by atoms with Gasteiger partial charge in [0.1, 0.15) is 12.0 Å². The zero-order valence-corrected chi connectivity index (χ0v) is 11.6. The number of pyridine rings is 1. The minimum atomic E-state index is -0.418. The van der Waals surface area contributed by atoms with E-state index in [2.05, 4.69) is 9.83 Å². The summed E-state index contributed by atoms with van der Waals surface area (Å²) < 4.78 is 19.0. The van der Waals surface area contributed by atoms with E-state index in [1.165, 1.54) is 18.3 Å². The van der Waals surface area contributed by atoms with E-state index in [1.54, 1.807) is 18.4 Å². The third-order valence-electron chi connectivity index (χ3n) is 3.04. The number of ether oxygens (including phenoxy) is 1. The highest BCUT2D eigenvalue weighted by atomic mass is 19.1. The molecule has 0 radical (unpaired) electrons. The molecule has 2 aromatic rings. The monoisotopic (exact) mass is 281 g/mol. The Morgan fingerprint density at radius 1 is 1.38 bits per heavy atom. The van der Waals surface area contributed by atoms with Gasteiger partial charge in [0.15, 0.2) is 5.75 Å². The number of benzene rings is 1. The molecule has 104 valence electrons. The van der Waals surface area contributed by atoms with Crippen molar-refractivity contribution in [3.8, 4) is 23.1 Å². The van der Waals surface area contributed by atoms with Crippen LogP contribution in [0.3, 0.4) is 0 Å². The molecular weight excluding hydrogens is 269 g/mol. The second-order valence-electron chi connectivity index (χ2n) is 4.70. The van der Waals surface area contributed by atoms with E-state index < -0.39 is 5.82 Å². The highest BCUT2D eigenvalue weighted by Crippen LogP contribution is 2.39.